The summed E-state index contributed by atoms with van der Waals surface area (Å²) in [5, 5.41) is 1.55. The lowest BCUT2D eigenvalue weighted by atomic mass is 10.0. The lowest BCUT2D eigenvalue weighted by Crippen LogP contribution is -2.36. The Kier molecular flexibility index (Phi) is 10.4. The first-order valence-electron chi connectivity index (χ1n) is 12.9. The molecule has 3 aromatic carbocycles. The van der Waals surface area contributed by atoms with Gasteiger partial charge >= 0.3 is 24.0 Å². The monoisotopic (exact) mass is 652 g/mol. The third-order valence-corrected chi connectivity index (χ3v) is 7.30. The first kappa shape index (κ1) is 32.7. The molecule has 14 heteroatoms. The van der Waals surface area contributed by atoms with Gasteiger partial charge < -0.3 is 14.8 Å². The molecule has 0 saturated carbocycles. The topological polar surface area (TPSA) is 94.6 Å². The molecule has 0 aliphatic heterocycles. The number of halogens is 6. The predicted octanol–water partition coefficient (Wildman–Crippen LogP) is 7.24. The average molecular weight is 653 g/mol. The van der Waals surface area contributed by atoms with Crippen molar-refractivity contribution >= 4 is 52.1 Å². The molecular weight excluding hydrogens is 631 g/mol. The van der Waals surface area contributed by atoms with Crippen molar-refractivity contribution < 1.29 is 45.8 Å². The van der Waals surface area contributed by atoms with Gasteiger partial charge in [0.25, 0.3) is 0 Å². The van der Waals surface area contributed by atoms with E-state index in [4.69, 9.17) is 21.1 Å². The van der Waals surface area contributed by atoms with Crippen LogP contribution < -0.4 is 10.1 Å². The highest BCUT2D eigenvalue weighted by atomic mass is 35.5. The molecule has 230 valence electrons. The molecule has 0 bridgehead atoms. The number of benzene rings is 3. The second kappa shape index (κ2) is 14.0. The number of aromatic nitrogens is 1. The Balaban J connectivity index is 1.82. The summed E-state index contributed by atoms with van der Waals surface area (Å²) in [5.74, 6) is -5.11. The van der Waals surface area contributed by atoms with Gasteiger partial charge in [-0.2, -0.15) is 13.2 Å². The van der Waals surface area contributed by atoms with E-state index in [9.17, 15) is 31.9 Å². The van der Waals surface area contributed by atoms with E-state index < -0.39 is 47.8 Å². The summed E-state index contributed by atoms with van der Waals surface area (Å²) in [6.07, 6.45) is -5.03. The Bertz CT molecular complexity index is 1690. The minimum Gasteiger partial charge on any atom is -0.462 e. The highest BCUT2D eigenvalue weighted by molar-refractivity contribution is 8.01. The molecule has 0 saturated heterocycles. The number of hydrogen-bond donors (Lipinski definition) is 1. The maximum absolute atomic E-state index is 15.6. The van der Waals surface area contributed by atoms with Crippen molar-refractivity contribution in [3.8, 4) is 16.9 Å². The molecule has 1 amide bonds. The zero-order valence-corrected chi connectivity index (χ0v) is 24.3. The summed E-state index contributed by atoms with van der Waals surface area (Å²) in [4.78, 5) is 41.7. The molecule has 1 aromatic heterocycles. The molecule has 1 N–H and O–H groups in total. The van der Waals surface area contributed by atoms with Crippen LogP contribution in [0.15, 0.2) is 71.8 Å². The molecule has 0 radical (unpaired) electrons. The summed E-state index contributed by atoms with van der Waals surface area (Å²) >= 11 is 6.71. The first-order chi connectivity index (χ1) is 20.9. The number of amides is 1. The van der Waals surface area contributed by atoms with Gasteiger partial charge in [0.15, 0.2) is 5.75 Å². The van der Waals surface area contributed by atoms with E-state index >= 15 is 4.39 Å². The Labute approximate surface area is 256 Å². The molecule has 1 heterocycles. The molecule has 4 aromatic rings. The average Bonchev–Trinajstić information content (AvgIpc) is 3.00. The van der Waals surface area contributed by atoms with Crippen LogP contribution in [-0.4, -0.2) is 47.0 Å². The highest BCUT2D eigenvalue weighted by Gasteiger charge is 2.38. The van der Waals surface area contributed by atoms with E-state index in [-0.39, 0.29) is 45.0 Å². The maximum Gasteiger partial charge on any atom is 0.471 e. The van der Waals surface area contributed by atoms with Gasteiger partial charge in [-0.15, -0.1) is 11.6 Å². The third-order valence-electron chi connectivity index (χ3n) is 6.01. The Morgan fingerprint density at radius 1 is 1.02 bits per heavy atom. The molecule has 1 atom stereocenters. The van der Waals surface area contributed by atoms with Crippen LogP contribution in [0.25, 0.3) is 22.0 Å². The summed E-state index contributed by atoms with van der Waals surface area (Å²) in [7, 11) is 0. The number of hydrogen-bond acceptors (Lipinski definition) is 7. The van der Waals surface area contributed by atoms with Crippen LogP contribution in [0.4, 0.5) is 22.0 Å². The molecular formula is C30H22ClF5N2O5S. The van der Waals surface area contributed by atoms with E-state index in [1.54, 1.807) is 30.4 Å². The lowest BCUT2D eigenvalue weighted by Gasteiger charge is -2.17. The summed E-state index contributed by atoms with van der Waals surface area (Å²) in [6, 6.07) is 15.8. The van der Waals surface area contributed by atoms with Gasteiger partial charge in [0.2, 0.25) is 0 Å². The van der Waals surface area contributed by atoms with Gasteiger partial charge in [0.1, 0.15) is 27.8 Å². The minimum atomic E-state index is -5.03. The number of pyridine rings is 1. The zero-order valence-electron chi connectivity index (χ0n) is 22.7. The van der Waals surface area contributed by atoms with Crippen LogP contribution in [0, 0.1) is 5.82 Å². The van der Waals surface area contributed by atoms with Crippen molar-refractivity contribution in [2.45, 2.75) is 29.4 Å². The number of rotatable bonds is 10. The largest absolute Gasteiger partial charge is 0.471 e. The fraction of sp³-hybridized carbons (Fsp3) is 0.200. The predicted molar refractivity (Wildman–Crippen MR) is 154 cm³/mol. The van der Waals surface area contributed by atoms with Gasteiger partial charge in [-0.3, -0.25) is 4.79 Å². The van der Waals surface area contributed by atoms with Crippen LogP contribution in [0.2, 0.25) is 0 Å². The van der Waals surface area contributed by atoms with Crippen molar-refractivity contribution in [2.75, 3.05) is 13.3 Å². The maximum atomic E-state index is 15.6. The van der Waals surface area contributed by atoms with Crippen molar-refractivity contribution in [3.05, 3.63) is 89.2 Å². The van der Waals surface area contributed by atoms with Crippen LogP contribution in [0.1, 0.15) is 33.2 Å². The van der Waals surface area contributed by atoms with Crippen LogP contribution in [0.5, 0.6) is 5.75 Å². The quantitative estimate of drug-likeness (QED) is 0.0835. The van der Waals surface area contributed by atoms with Gasteiger partial charge in [-0.25, -0.2) is 23.4 Å². The summed E-state index contributed by atoms with van der Waals surface area (Å²) < 4.78 is 76.1. The highest BCUT2D eigenvalue weighted by Crippen LogP contribution is 2.40. The Hall–Kier alpha value is -4.23. The van der Waals surface area contributed by atoms with Crippen LogP contribution in [0.3, 0.4) is 0 Å². The Morgan fingerprint density at radius 2 is 1.70 bits per heavy atom. The van der Waals surface area contributed by atoms with E-state index in [0.717, 1.165) is 6.07 Å². The number of nitrogens with zero attached hydrogens (tertiary/aromatic N) is 1. The van der Waals surface area contributed by atoms with Gasteiger partial charge in [-0.05, 0) is 42.3 Å². The van der Waals surface area contributed by atoms with E-state index in [1.807, 2.05) is 0 Å². The number of nitrogens with one attached hydrogen (secondary N) is 1. The number of ether oxygens (including phenoxy) is 2. The molecule has 0 aliphatic carbocycles. The molecule has 0 fully saturated rings. The number of alkyl halides is 5. The van der Waals surface area contributed by atoms with Crippen molar-refractivity contribution in [1.82, 2.24) is 10.3 Å². The van der Waals surface area contributed by atoms with Crippen molar-refractivity contribution in [3.63, 3.8) is 0 Å². The molecule has 1 unspecified atom stereocenters. The van der Waals surface area contributed by atoms with Gasteiger partial charge in [0, 0.05) is 17.5 Å². The van der Waals surface area contributed by atoms with Crippen LogP contribution in [-0.2, 0) is 16.1 Å². The molecule has 7 nitrogen and oxygen atoms in total. The smallest absolute Gasteiger partial charge is 0.462 e. The standard InChI is InChI=1S/C30H22ClF5N2O5S/c1-2-42-28(40)24-25(43-27(39)18-6-4-3-5-7-18)20-12-21(33)19(13-22(20)38-26(24)44-23(31)14-32)17-10-8-16(9-11-17)15-37-29(41)30(34,35)36/h3-13,23H,2,14-15H2,1H3,(H,37,41). The molecule has 44 heavy (non-hydrogen) atoms. The number of carbonyl (C=O) groups is 3. The lowest BCUT2D eigenvalue weighted by molar-refractivity contribution is -0.173. The minimum absolute atomic E-state index is 0.00367. The molecule has 0 aliphatic rings. The zero-order chi connectivity index (χ0) is 32.0. The van der Waals surface area contributed by atoms with E-state index in [1.165, 1.54) is 42.5 Å². The Morgan fingerprint density at radius 3 is 2.32 bits per heavy atom. The third kappa shape index (κ3) is 7.64. The second-order valence-electron chi connectivity index (χ2n) is 9.01. The van der Waals surface area contributed by atoms with Crippen LogP contribution >= 0.6 is 23.4 Å². The fourth-order valence-corrected chi connectivity index (χ4v) is 5.00. The van der Waals surface area contributed by atoms with Gasteiger partial charge in [-0.1, -0.05) is 54.2 Å². The normalized spacial score (nSPS) is 12.1. The SMILES string of the molecule is CCOC(=O)c1c(SC(Cl)CF)nc2cc(-c3ccc(CNC(=O)C(F)(F)F)cc3)c(F)cc2c1OC(=O)c1ccccc1. The first-order valence-corrected chi connectivity index (χ1v) is 14.2. The molecule has 4 rings (SSSR count). The number of esters is 2. The van der Waals surface area contributed by atoms with Crippen molar-refractivity contribution in [2.24, 2.45) is 0 Å². The summed E-state index contributed by atoms with van der Waals surface area (Å²) in [6.45, 7) is 0.0611. The number of thioether (sulfide) groups is 1. The second-order valence-corrected chi connectivity index (χ2v) is 11.0. The van der Waals surface area contributed by atoms with E-state index in [2.05, 4.69) is 4.98 Å². The van der Waals surface area contributed by atoms with Gasteiger partial charge in [0.05, 0.1) is 17.7 Å². The van der Waals surface area contributed by atoms with Crippen molar-refractivity contribution in [1.29, 1.82) is 0 Å². The summed E-state index contributed by atoms with van der Waals surface area (Å²) in [5.41, 5.74) is 0.454. The number of fused-ring (bicyclic) bond motifs is 1. The molecule has 0 spiro atoms. The fourth-order valence-electron chi connectivity index (χ4n) is 3.99. The number of carbonyl (C=O) groups excluding carboxylic acids is 3. The van der Waals surface area contributed by atoms with E-state index in [0.29, 0.717) is 22.9 Å².